The Morgan fingerprint density at radius 1 is 1.10 bits per heavy atom. The normalized spacial score (nSPS) is 12.7. The SMILES string of the molecule is CC(c1ccccc1F)N(C)Cc1cc(F)cc(CN)c1. The number of nitrogens with two attached hydrogens (primary N) is 1. The van der Waals surface area contributed by atoms with Crippen LogP contribution < -0.4 is 5.73 Å². The van der Waals surface area contributed by atoms with Crippen molar-refractivity contribution in [3.05, 3.63) is 70.8 Å². The van der Waals surface area contributed by atoms with E-state index in [2.05, 4.69) is 0 Å². The summed E-state index contributed by atoms with van der Waals surface area (Å²) < 4.78 is 27.3. The lowest BCUT2D eigenvalue weighted by molar-refractivity contribution is 0.247. The van der Waals surface area contributed by atoms with Gasteiger partial charge in [-0.05, 0) is 43.3 Å². The van der Waals surface area contributed by atoms with E-state index in [1.54, 1.807) is 12.1 Å². The molecule has 1 unspecified atom stereocenters. The average molecular weight is 290 g/mol. The molecule has 0 amide bonds. The van der Waals surface area contributed by atoms with Gasteiger partial charge in [0.05, 0.1) is 0 Å². The van der Waals surface area contributed by atoms with Gasteiger partial charge in [0.25, 0.3) is 0 Å². The monoisotopic (exact) mass is 290 g/mol. The second-order valence-corrected chi connectivity index (χ2v) is 5.28. The maximum absolute atomic E-state index is 13.8. The van der Waals surface area contributed by atoms with Crippen molar-refractivity contribution < 1.29 is 8.78 Å². The lowest BCUT2D eigenvalue weighted by atomic mass is 10.0. The van der Waals surface area contributed by atoms with Gasteiger partial charge < -0.3 is 5.73 Å². The molecule has 0 spiro atoms. The maximum atomic E-state index is 13.8. The van der Waals surface area contributed by atoms with Crippen LogP contribution in [-0.2, 0) is 13.1 Å². The van der Waals surface area contributed by atoms with Crippen molar-refractivity contribution in [2.75, 3.05) is 7.05 Å². The molecule has 0 aliphatic rings. The molecule has 0 aliphatic heterocycles. The van der Waals surface area contributed by atoms with Crippen molar-refractivity contribution in [1.82, 2.24) is 4.90 Å². The summed E-state index contributed by atoms with van der Waals surface area (Å²) in [5, 5.41) is 0. The Kier molecular flexibility index (Phi) is 5.04. The lowest BCUT2D eigenvalue weighted by Crippen LogP contribution is -2.23. The molecule has 0 fully saturated rings. The van der Waals surface area contributed by atoms with Crippen LogP contribution in [0, 0.1) is 11.6 Å². The molecule has 2 rings (SSSR count). The lowest BCUT2D eigenvalue weighted by Gasteiger charge is -2.25. The first-order valence-electron chi connectivity index (χ1n) is 6.94. The fourth-order valence-corrected chi connectivity index (χ4v) is 2.40. The van der Waals surface area contributed by atoms with Crippen LogP contribution in [0.3, 0.4) is 0 Å². The largest absolute Gasteiger partial charge is 0.326 e. The van der Waals surface area contributed by atoms with Crippen LogP contribution in [0.5, 0.6) is 0 Å². The van der Waals surface area contributed by atoms with E-state index in [-0.39, 0.29) is 17.7 Å². The van der Waals surface area contributed by atoms with Crippen molar-refractivity contribution in [2.24, 2.45) is 5.73 Å². The molecule has 0 radical (unpaired) electrons. The van der Waals surface area contributed by atoms with Crippen LogP contribution in [0.1, 0.15) is 29.7 Å². The summed E-state index contributed by atoms with van der Waals surface area (Å²) in [6.45, 7) is 2.76. The first-order valence-corrected chi connectivity index (χ1v) is 6.94. The van der Waals surface area contributed by atoms with Crippen LogP contribution in [-0.4, -0.2) is 11.9 Å². The predicted molar refractivity (Wildman–Crippen MR) is 80.6 cm³/mol. The molecule has 4 heteroatoms. The van der Waals surface area contributed by atoms with Gasteiger partial charge in [-0.25, -0.2) is 8.78 Å². The van der Waals surface area contributed by atoms with Gasteiger partial charge in [-0.3, -0.25) is 4.90 Å². The van der Waals surface area contributed by atoms with E-state index in [1.807, 2.05) is 31.0 Å². The molecule has 0 heterocycles. The molecule has 0 bridgehead atoms. The molecule has 2 N–H and O–H groups in total. The first kappa shape index (κ1) is 15.6. The summed E-state index contributed by atoms with van der Waals surface area (Å²) in [5.74, 6) is -0.515. The molecular formula is C17H20F2N2. The van der Waals surface area contributed by atoms with E-state index in [0.717, 1.165) is 11.1 Å². The average Bonchev–Trinajstić information content (AvgIpc) is 2.46. The van der Waals surface area contributed by atoms with Crippen LogP contribution in [0.4, 0.5) is 8.78 Å². The molecule has 2 aromatic carbocycles. The number of benzene rings is 2. The minimum absolute atomic E-state index is 0.101. The number of rotatable bonds is 5. The van der Waals surface area contributed by atoms with Gasteiger partial charge in [-0.15, -0.1) is 0 Å². The third-order valence-corrected chi connectivity index (χ3v) is 3.70. The number of hydrogen-bond acceptors (Lipinski definition) is 2. The molecular weight excluding hydrogens is 270 g/mol. The summed E-state index contributed by atoms with van der Waals surface area (Å²) in [6.07, 6.45) is 0. The highest BCUT2D eigenvalue weighted by molar-refractivity contribution is 5.25. The second kappa shape index (κ2) is 6.78. The topological polar surface area (TPSA) is 29.3 Å². The van der Waals surface area contributed by atoms with Crippen LogP contribution in [0.15, 0.2) is 42.5 Å². The number of hydrogen-bond donors (Lipinski definition) is 1. The van der Waals surface area contributed by atoms with Crippen molar-refractivity contribution in [3.8, 4) is 0 Å². The van der Waals surface area contributed by atoms with E-state index in [4.69, 9.17) is 5.73 Å². The van der Waals surface area contributed by atoms with Gasteiger partial charge in [0, 0.05) is 24.7 Å². The highest BCUT2D eigenvalue weighted by atomic mass is 19.1. The molecule has 0 aliphatic carbocycles. The first-order chi connectivity index (χ1) is 10.0. The Balaban J connectivity index is 2.16. The quantitative estimate of drug-likeness (QED) is 0.911. The molecule has 112 valence electrons. The van der Waals surface area contributed by atoms with Crippen molar-refractivity contribution >= 4 is 0 Å². The number of nitrogens with zero attached hydrogens (tertiary/aromatic N) is 1. The standard InChI is InChI=1S/C17H20F2N2/c1-12(16-5-3-4-6-17(16)19)21(2)11-14-7-13(10-20)8-15(18)9-14/h3-9,12H,10-11,20H2,1-2H3. The van der Waals surface area contributed by atoms with Gasteiger partial charge in [-0.1, -0.05) is 24.3 Å². The van der Waals surface area contributed by atoms with E-state index in [1.165, 1.54) is 18.2 Å². The van der Waals surface area contributed by atoms with Gasteiger partial charge in [-0.2, -0.15) is 0 Å². The van der Waals surface area contributed by atoms with Gasteiger partial charge in [0.1, 0.15) is 11.6 Å². The highest BCUT2D eigenvalue weighted by Gasteiger charge is 2.15. The van der Waals surface area contributed by atoms with Gasteiger partial charge in [0.2, 0.25) is 0 Å². The van der Waals surface area contributed by atoms with Crippen LogP contribution in [0.2, 0.25) is 0 Å². The Hall–Kier alpha value is -1.78. The molecule has 0 saturated heterocycles. The summed E-state index contributed by atoms with van der Waals surface area (Å²) in [4.78, 5) is 1.98. The van der Waals surface area contributed by atoms with E-state index in [9.17, 15) is 8.78 Å². The molecule has 21 heavy (non-hydrogen) atoms. The summed E-state index contributed by atoms with van der Waals surface area (Å²) in [5.41, 5.74) is 7.79. The Labute approximate surface area is 124 Å². The fourth-order valence-electron chi connectivity index (χ4n) is 2.40. The third-order valence-electron chi connectivity index (χ3n) is 3.70. The molecule has 0 saturated carbocycles. The van der Waals surface area contributed by atoms with Crippen LogP contribution >= 0.6 is 0 Å². The smallest absolute Gasteiger partial charge is 0.127 e. The number of halogens is 2. The molecule has 2 nitrogen and oxygen atoms in total. The minimum atomic E-state index is -0.292. The van der Waals surface area contributed by atoms with Crippen molar-refractivity contribution in [3.63, 3.8) is 0 Å². The van der Waals surface area contributed by atoms with Crippen molar-refractivity contribution in [1.29, 1.82) is 0 Å². The van der Waals surface area contributed by atoms with Crippen molar-refractivity contribution in [2.45, 2.75) is 26.1 Å². The summed E-state index contributed by atoms with van der Waals surface area (Å²) in [6, 6.07) is 11.4. The summed E-state index contributed by atoms with van der Waals surface area (Å²) >= 11 is 0. The zero-order valence-corrected chi connectivity index (χ0v) is 12.3. The summed E-state index contributed by atoms with van der Waals surface area (Å²) in [7, 11) is 1.89. The zero-order valence-electron chi connectivity index (χ0n) is 12.3. The predicted octanol–water partition coefficient (Wildman–Crippen LogP) is 3.62. The van der Waals surface area contributed by atoms with E-state index >= 15 is 0 Å². The molecule has 2 aromatic rings. The van der Waals surface area contributed by atoms with E-state index in [0.29, 0.717) is 18.7 Å². The van der Waals surface area contributed by atoms with Crippen LogP contribution in [0.25, 0.3) is 0 Å². The zero-order chi connectivity index (χ0) is 15.4. The molecule has 1 atom stereocenters. The second-order valence-electron chi connectivity index (χ2n) is 5.28. The van der Waals surface area contributed by atoms with Gasteiger partial charge in [0.15, 0.2) is 0 Å². The Morgan fingerprint density at radius 2 is 1.76 bits per heavy atom. The van der Waals surface area contributed by atoms with E-state index < -0.39 is 0 Å². The Morgan fingerprint density at radius 3 is 2.43 bits per heavy atom. The Bertz CT molecular complexity index is 613. The molecule has 0 aromatic heterocycles. The van der Waals surface area contributed by atoms with Gasteiger partial charge >= 0.3 is 0 Å². The third kappa shape index (κ3) is 3.86. The highest BCUT2D eigenvalue weighted by Crippen LogP contribution is 2.23. The maximum Gasteiger partial charge on any atom is 0.127 e. The minimum Gasteiger partial charge on any atom is -0.326 e. The fraction of sp³-hybridized carbons (Fsp3) is 0.294.